The zero-order chi connectivity index (χ0) is 18.6. The highest BCUT2D eigenvalue weighted by atomic mass is 16.5. The van der Waals surface area contributed by atoms with Gasteiger partial charge in [-0.15, -0.1) is 0 Å². The van der Waals surface area contributed by atoms with Gasteiger partial charge in [-0.2, -0.15) is 4.98 Å². The van der Waals surface area contributed by atoms with Crippen LogP contribution in [0.15, 0.2) is 67.0 Å². The van der Waals surface area contributed by atoms with Crippen LogP contribution >= 0.6 is 0 Å². The van der Waals surface area contributed by atoms with Crippen molar-refractivity contribution in [1.29, 1.82) is 0 Å². The van der Waals surface area contributed by atoms with Crippen LogP contribution in [0.25, 0.3) is 22.3 Å². The molecule has 4 aromatic rings. The fraction of sp³-hybridized carbons (Fsp3) is 0.0952. The van der Waals surface area contributed by atoms with E-state index in [0.29, 0.717) is 29.0 Å². The molecule has 0 fully saturated rings. The summed E-state index contributed by atoms with van der Waals surface area (Å²) in [5.74, 6) is 2.83. The average Bonchev–Trinajstić information content (AvgIpc) is 2.74. The van der Waals surface area contributed by atoms with Crippen LogP contribution in [0.4, 0.5) is 0 Å². The Labute approximate surface area is 156 Å². The highest BCUT2D eigenvalue weighted by molar-refractivity contribution is 5.85. The van der Waals surface area contributed by atoms with Crippen molar-refractivity contribution >= 4 is 10.9 Å². The molecular formula is C21H17N3O3. The van der Waals surface area contributed by atoms with Gasteiger partial charge in [0.25, 0.3) is 0 Å². The first-order valence-corrected chi connectivity index (χ1v) is 8.35. The monoisotopic (exact) mass is 359 g/mol. The molecule has 27 heavy (non-hydrogen) atoms. The van der Waals surface area contributed by atoms with Crippen LogP contribution < -0.4 is 14.2 Å². The maximum atomic E-state index is 6.11. The Bertz CT molecular complexity index is 1060. The molecule has 0 bridgehead atoms. The van der Waals surface area contributed by atoms with E-state index in [2.05, 4.69) is 15.0 Å². The normalized spacial score (nSPS) is 10.6. The van der Waals surface area contributed by atoms with E-state index in [4.69, 9.17) is 14.2 Å². The van der Waals surface area contributed by atoms with Crippen LogP contribution in [0.2, 0.25) is 0 Å². The molecule has 0 saturated heterocycles. The lowest BCUT2D eigenvalue weighted by atomic mass is 10.2. The molecule has 2 aromatic heterocycles. The van der Waals surface area contributed by atoms with Crippen LogP contribution in [0.3, 0.4) is 0 Å². The largest absolute Gasteiger partial charge is 0.496 e. The van der Waals surface area contributed by atoms with E-state index in [1.807, 2.05) is 36.4 Å². The zero-order valence-electron chi connectivity index (χ0n) is 14.9. The first kappa shape index (κ1) is 16.8. The topological polar surface area (TPSA) is 66.4 Å². The molecule has 0 aliphatic rings. The molecule has 0 saturated carbocycles. The molecule has 0 amide bonds. The highest BCUT2D eigenvalue weighted by Crippen LogP contribution is 2.33. The number of hydrogen-bond donors (Lipinski definition) is 0. The predicted octanol–water partition coefficient (Wildman–Crippen LogP) is 4.50. The Kier molecular flexibility index (Phi) is 4.53. The summed E-state index contributed by atoms with van der Waals surface area (Å²) in [6.45, 7) is 0. The summed E-state index contributed by atoms with van der Waals surface area (Å²) in [6.07, 6.45) is 3.44. The summed E-state index contributed by atoms with van der Waals surface area (Å²) < 4.78 is 16.7. The predicted molar refractivity (Wildman–Crippen MR) is 102 cm³/mol. The van der Waals surface area contributed by atoms with Crippen molar-refractivity contribution in [2.24, 2.45) is 0 Å². The quantitative estimate of drug-likeness (QED) is 0.523. The molecule has 0 aliphatic carbocycles. The number of methoxy groups -OCH3 is 2. The van der Waals surface area contributed by atoms with E-state index < -0.39 is 0 Å². The van der Waals surface area contributed by atoms with E-state index in [-0.39, 0.29) is 0 Å². The van der Waals surface area contributed by atoms with Gasteiger partial charge in [-0.25, -0.2) is 4.98 Å². The molecular weight excluding hydrogens is 342 g/mol. The zero-order valence-corrected chi connectivity index (χ0v) is 14.9. The summed E-state index contributed by atoms with van der Waals surface area (Å²) >= 11 is 0. The van der Waals surface area contributed by atoms with E-state index in [1.54, 1.807) is 44.8 Å². The number of aromatic nitrogens is 3. The number of benzene rings is 2. The van der Waals surface area contributed by atoms with Gasteiger partial charge < -0.3 is 14.2 Å². The number of ether oxygens (including phenoxy) is 3. The molecule has 4 rings (SSSR count). The fourth-order valence-electron chi connectivity index (χ4n) is 2.70. The van der Waals surface area contributed by atoms with Gasteiger partial charge in [-0.1, -0.05) is 12.1 Å². The third kappa shape index (κ3) is 3.50. The van der Waals surface area contributed by atoms with E-state index >= 15 is 0 Å². The maximum absolute atomic E-state index is 6.11. The minimum Gasteiger partial charge on any atom is -0.496 e. The Hall–Kier alpha value is -3.67. The van der Waals surface area contributed by atoms with Crippen molar-refractivity contribution in [3.63, 3.8) is 0 Å². The molecule has 0 N–H and O–H groups in total. The Balaban J connectivity index is 1.83. The molecule has 2 heterocycles. The standard InChI is InChI=1S/C21H17N3O3/c1-25-15-10-16(26-2)12-17(11-15)27-21-18-7-3-4-8-19(18)23-20(24-21)14-6-5-9-22-13-14/h3-13H,1-2H3. The molecule has 0 radical (unpaired) electrons. The number of fused-ring (bicyclic) bond motifs is 1. The molecule has 0 atom stereocenters. The van der Waals surface area contributed by atoms with E-state index in [9.17, 15) is 0 Å². The summed E-state index contributed by atoms with van der Waals surface area (Å²) in [4.78, 5) is 13.4. The third-order valence-corrected chi connectivity index (χ3v) is 4.03. The van der Waals surface area contributed by atoms with Crippen molar-refractivity contribution in [3.05, 3.63) is 67.0 Å². The second kappa shape index (κ2) is 7.29. The van der Waals surface area contributed by atoms with Crippen LogP contribution in [-0.2, 0) is 0 Å². The summed E-state index contributed by atoms with van der Waals surface area (Å²) in [5, 5.41) is 0.812. The molecule has 2 aromatic carbocycles. The molecule has 0 unspecified atom stereocenters. The lowest BCUT2D eigenvalue weighted by Crippen LogP contribution is -1.97. The first-order chi connectivity index (χ1) is 13.3. The Morgan fingerprint density at radius 2 is 1.52 bits per heavy atom. The van der Waals surface area contributed by atoms with E-state index in [0.717, 1.165) is 16.5 Å². The number of nitrogens with zero attached hydrogens (tertiary/aromatic N) is 3. The molecule has 134 valence electrons. The smallest absolute Gasteiger partial charge is 0.230 e. The van der Waals surface area contributed by atoms with Crippen LogP contribution in [-0.4, -0.2) is 29.2 Å². The number of rotatable bonds is 5. The maximum Gasteiger partial charge on any atom is 0.230 e. The first-order valence-electron chi connectivity index (χ1n) is 8.35. The molecule has 0 aliphatic heterocycles. The van der Waals surface area contributed by atoms with Gasteiger partial charge in [-0.05, 0) is 24.3 Å². The highest BCUT2D eigenvalue weighted by Gasteiger charge is 2.12. The summed E-state index contributed by atoms with van der Waals surface area (Å²) in [6, 6.07) is 16.8. The molecule has 0 spiro atoms. The van der Waals surface area contributed by atoms with Crippen molar-refractivity contribution < 1.29 is 14.2 Å². The van der Waals surface area contributed by atoms with Crippen molar-refractivity contribution in [2.45, 2.75) is 0 Å². The third-order valence-electron chi connectivity index (χ3n) is 4.03. The van der Waals surface area contributed by atoms with Crippen LogP contribution in [0.1, 0.15) is 0 Å². The number of pyridine rings is 1. The van der Waals surface area contributed by atoms with Gasteiger partial charge in [0.1, 0.15) is 17.2 Å². The van der Waals surface area contributed by atoms with Crippen LogP contribution in [0, 0.1) is 0 Å². The van der Waals surface area contributed by atoms with Gasteiger partial charge in [-0.3, -0.25) is 4.98 Å². The number of para-hydroxylation sites is 1. The number of hydrogen-bond acceptors (Lipinski definition) is 6. The second-order valence-corrected chi connectivity index (χ2v) is 5.76. The van der Waals surface area contributed by atoms with Crippen molar-refractivity contribution in [3.8, 4) is 34.5 Å². The lowest BCUT2D eigenvalue weighted by Gasteiger charge is -2.12. The fourth-order valence-corrected chi connectivity index (χ4v) is 2.70. The SMILES string of the molecule is COc1cc(OC)cc(Oc2nc(-c3cccnc3)nc3ccccc23)c1. The van der Waals surface area contributed by atoms with Crippen molar-refractivity contribution in [2.75, 3.05) is 14.2 Å². The summed E-state index contributed by atoms with van der Waals surface area (Å²) in [7, 11) is 3.19. The molecule has 6 nitrogen and oxygen atoms in total. The van der Waals surface area contributed by atoms with Gasteiger partial charge in [0.2, 0.25) is 5.88 Å². The minimum atomic E-state index is 0.453. The Morgan fingerprint density at radius 1 is 0.778 bits per heavy atom. The van der Waals surface area contributed by atoms with Gasteiger partial charge in [0.05, 0.1) is 25.1 Å². The van der Waals surface area contributed by atoms with Gasteiger partial charge in [0.15, 0.2) is 5.82 Å². The van der Waals surface area contributed by atoms with Crippen LogP contribution in [0.5, 0.6) is 23.1 Å². The van der Waals surface area contributed by atoms with Crippen molar-refractivity contribution in [1.82, 2.24) is 15.0 Å². The van der Waals surface area contributed by atoms with Gasteiger partial charge >= 0.3 is 0 Å². The summed E-state index contributed by atoms with van der Waals surface area (Å²) in [5.41, 5.74) is 1.60. The Morgan fingerprint density at radius 3 is 2.22 bits per heavy atom. The minimum absolute atomic E-state index is 0.453. The van der Waals surface area contributed by atoms with E-state index in [1.165, 1.54) is 0 Å². The second-order valence-electron chi connectivity index (χ2n) is 5.76. The average molecular weight is 359 g/mol. The lowest BCUT2D eigenvalue weighted by molar-refractivity contribution is 0.385. The van der Waals surface area contributed by atoms with Gasteiger partial charge in [0, 0.05) is 36.2 Å². The molecule has 6 heteroatoms.